The molecule has 2 N–H and O–H groups in total. The van der Waals surface area contributed by atoms with E-state index in [9.17, 15) is 4.79 Å². The number of rotatable bonds is 4. The number of urea groups is 1. The van der Waals surface area contributed by atoms with Gasteiger partial charge in [0.1, 0.15) is 0 Å². The number of amides is 2. The zero-order valence-electron chi connectivity index (χ0n) is 13.1. The van der Waals surface area contributed by atoms with Gasteiger partial charge in [0.2, 0.25) is 0 Å². The van der Waals surface area contributed by atoms with E-state index in [0.717, 1.165) is 37.2 Å². The predicted molar refractivity (Wildman–Crippen MR) is 87.2 cm³/mol. The first-order valence-corrected chi connectivity index (χ1v) is 7.97. The highest BCUT2D eigenvalue weighted by Crippen LogP contribution is 2.16. The number of piperidine rings is 1. The van der Waals surface area contributed by atoms with Crippen LogP contribution in [-0.4, -0.2) is 45.3 Å². The van der Waals surface area contributed by atoms with E-state index in [2.05, 4.69) is 10.3 Å². The maximum Gasteiger partial charge on any atom is 0.317 e. The molecular weight excluding hydrogens is 292 g/mol. The Bertz CT molecular complexity index is 617. The van der Waals surface area contributed by atoms with Gasteiger partial charge in [-0.25, -0.2) is 9.78 Å². The molecule has 0 bridgehead atoms. The summed E-state index contributed by atoms with van der Waals surface area (Å²) >= 11 is 0. The van der Waals surface area contributed by atoms with Gasteiger partial charge in [-0.15, -0.1) is 0 Å². The zero-order chi connectivity index (χ0) is 16.1. The second-order valence-electron chi connectivity index (χ2n) is 5.91. The molecule has 2 aromatic rings. The lowest BCUT2D eigenvalue weighted by atomic mass is 9.98. The number of likely N-dealkylation sites (tertiary alicyclic amines) is 1. The van der Waals surface area contributed by atoms with Crippen molar-refractivity contribution in [2.75, 3.05) is 19.7 Å². The highest BCUT2D eigenvalue weighted by atomic mass is 16.3. The first-order chi connectivity index (χ1) is 11.3. The minimum absolute atomic E-state index is 0.0277. The number of nitrogens with one attached hydrogen (secondary N) is 1. The topological polar surface area (TPSA) is 70.4 Å². The molecule has 1 aliphatic heterocycles. The summed E-state index contributed by atoms with van der Waals surface area (Å²) < 4.78 is 1.94. The van der Waals surface area contributed by atoms with E-state index in [4.69, 9.17) is 5.11 Å². The van der Waals surface area contributed by atoms with Gasteiger partial charge in [0.25, 0.3) is 0 Å². The van der Waals surface area contributed by atoms with E-state index in [1.165, 1.54) is 0 Å². The number of benzene rings is 1. The number of hydrogen-bond acceptors (Lipinski definition) is 3. The highest BCUT2D eigenvalue weighted by Gasteiger charge is 2.21. The SMILES string of the molecule is O=C(NCc1ccc(-n2ccnc2)cc1)N1CCC(CO)CC1. The second kappa shape index (κ2) is 7.28. The van der Waals surface area contributed by atoms with Gasteiger partial charge in [0.15, 0.2) is 0 Å². The molecule has 0 radical (unpaired) electrons. The van der Waals surface area contributed by atoms with Crippen LogP contribution >= 0.6 is 0 Å². The number of nitrogens with zero attached hydrogens (tertiary/aromatic N) is 3. The van der Waals surface area contributed by atoms with E-state index >= 15 is 0 Å². The Labute approximate surface area is 135 Å². The fraction of sp³-hybridized carbons (Fsp3) is 0.412. The van der Waals surface area contributed by atoms with E-state index < -0.39 is 0 Å². The fourth-order valence-electron chi connectivity index (χ4n) is 2.81. The van der Waals surface area contributed by atoms with Crippen molar-refractivity contribution >= 4 is 6.03 Å². The van der Waals surface area contributed by atoms with Crippen LogP contribution in [0.3, 0.4) is 0 Å². The van der Waals surface area contributed by atoms with E-state index in [1.807, 2.05) is 39.9 Å². The van der Waals surface area contributed by atoms with E-state index in [1.54, 1.807) is 12.5 Å². The Morgan fingerprint density at radius 3 is 2.61 bits per heavy atom. The number of carbonyl (C=O) groups is 1. The molecule has 6 nitrogen and oxygen atoms in total. The molecule has 1 aromatic heterocycles. The Hall–Kier alpha value is -2.34. The second-order valence-corrected chi connectivity index (χ2v) is 5.91. The van der Waals surface area contributed by atoms with Crippen LogP contribution in [0.1, 0.15) is 18.4 Å². The Morgan fingerprint density at radius 2 is 2.00 bits per heavy atom. The van der Waals surface area contributed by atoms with Crippen LogP contribution in [0.15, 0.2) is 43.0 Å². The Morgan fingerprint density at radius 1 is 1.26 bits per heavy atom. The van der Waals surface area contributed by atoms with Gasteiger partial charge in [0, 0.05) is 44.3 Å². The molecule has 0 unspecified atom stereocenters. The fourth-order valence-corrected chi connectivity index (χ4v) is 2.81. The molecule has 1 saturated heterocycles. The largest absolute Gasteiger partial charge is 0.396 e. The van der Waals surface area contributed by atoms with Crippen molar-refractivity contribution in [3.8, 4) is 5.69 Å². The summed E-state index contributed by atoms with van der Waals surface area (Å²) in [6.45, 7) is 2.18. The summed E-state index contributed by atoms with van der Waals surface area (Å²) in [7, 11) is 0. The van der Waals surface area contributed by atoms with Crippen molar-refractivity contribution in [3.05, 3.63) is 48.5 Å². The maximum atomic E-state index is 12.2. The van der Waals surface area contributed by atoms with Gasteiger partial charge >= 0.3 is 6.03 Å². The predicted octanol–water partition coefficient (Wildman–Crippen LogP) is 1.79. The summed E-state index contributed by atoms with van der Waals surface area (Å²) in [6.07, 6.45) is 7.15. The lowest BCUT2D eigenvalue weighted by Gasteiger charge is -2.31. The van der Waals surface area contributed by atoms with Crippen molar-refractivity contribution in [2.24, 2.45) is 5.92 Å². The smallest absolute Gasteiger partial charge is 0.317 e. The third kappa shape index (κ3) is 3.90. The Kier molecular flexibility index (Phi) is 4.92. The van der Waals surface area contributed by atoms with Crippen molar-refractivity contribution in [1.29, 1.82) is 0 Å². The van der Waals surface area contributed by atoms with Crippen molar-refractivity contribution in [1.82, 2.24) is 19.8 Å². The van der Waals surface area contributed by atoms with E-state index in [0.29, 0.717) is 12.5 Å². The summed E-state index contributed by atoms with van der Waals surface area (Å²) in [5.74, 6) is 0.342. The van der Waals surface area contributed by atoms with Gasteiger partial charge in [0.05, 0.1) is 6.33 Å². The minimum Gasteiger partial charge on any atom is -0.396 e. The number of carbonyl (C=O) groups excluding carboxylic acids is 1. The van der Waals surface area contributed by atoms with Gasteiger partial charge in [-0.1, -0.05) is 12.1 Å². The van der Waals surface area contributed by atoms with Crippen LogP contribution in [0.4, 0.5) is 4.79 Å². The number of aromatic nitrogens is 2. The van der Waals surface area contributed by atoms with Crippen LogP contribution in [0.25, 0.3) is 5.69 Å². The Balaban J connectivity index is 1.49. The molecule has 0 spiro atoms. The average Bonchev–Trinajstić information content (AvgIpc) is 3.15. The standard InChI is InChI=1S/C17H22N4O2/c22-12-15-5-8-20(9-6-15)17(23)19-11-14-1-3-16(4-2-14)21-10-7-18-13-21/h1-4,7,10,13,15,22H,5-6,8-9,11-12H2,(H,19,23). The van der Waals surface area contributed by atoms with Crippen molar-refractivity contribution < 1.29 is 9.90 Å². The number of aliphatic hydroxyl groups excluding tert-OH is 1. The van der Waals surface area contributed by atoms with Crippen LogP contribution in [0.2, 0.25) is 0 Å². The molecular formula is C17H22N4O2. The van der Waals surface area contributed by atoms with Crippen molar-refractivity contribution in [2.45, 2.75) is 19.4 Å². The molecule has 1 fully saturated rings. The summed E-state index contributed by atoms with van der Waals surface area (Å²) in [4.78, 5) is 18.0. The van der Waals surface area contributed by atoms with Gasteiger partial charge < -0.3 is 19.9 Å². The molecule has 0 atom stereocenters. The van der Waals surface area contributed by atoms with Crippen LogP contribution in [-0.2, 0) is 6.54 Å². The monoisotopic (exact) mass is 314 g/mol. The molecule has 0 saturated carbocycles. The number of hydrogen-bond donors (Lipinski definition) is 2. The summed E-state index contributed by atoms with van der Waals surface area (Å²) in [6, 6.07) is 8.01. The van der Waals surface area contributed by atoms with Gasteiger partial charge in [-0.3, -0.25) is 0 Å². The third-order valence-corrected chi connectivity index (χ3v) is 4.34. The molecule has 2 heterocycles. The molecule has 3 rings (SSSR count). The summed E-state index contributed by atoms with van der Waals surface area (Å²) in [5, 5.41) is 12.1. The maximum absolute atomic E-state index is 12.2. The lowest BCUT2D eigenvalue weighted by Crippen LogP contribution is -2.44. The first-order valence-electron chi connectivity index (χ1n) is 7.97. The van der Waals surface area contributed by atoms with Crippen LogP contribution in [0.5, 0.6) is 0 Å². The third-order valence-electron chi connectivity index (χ3n) is 4.34. The molecule has 2 amide bonds. The highest BCUT2D eigenvalue weighted by molar-refractivity contribution is 5.74. The lowest BCUT2D eigenvalue weighted by molar-refractivity contribution is 0.137. The minimum atomic E-state index is -0.0277. The number of aliphatic hydroxyl groups is 1. The van der Waals surface area contributed by atoms with Crippen LogP contribution in [0, 0.1) is 5.92 Å². The zero-order valence-corrected chi connectivity index (χ0v) is 13.1. The number of imidazole rings is 1. The average molecular weight is 314 g/mol. The quantitative estimate of drug-likeness (QED) is 0.904. The molecule has 1 aliphatic rings. The van der Waals surface area contributed by atoms with Crippen molar-refractivity contribution in [3.63, 3.8) is 0 Å². The van der Waals surface area contributed by atoms with Gasteiger partial charge in [-0.2, -0.15) is 0 Å². The first kappa shape index (κ1) is 15.6. The normalized spacial score (nSPS) is 15.6. The molecule has 0 aliphatic carbocycles. The van der Waals surface area contributed by atoms with Gasteiger partial charge in [-0.05, 0) is 36.5 Å². The molecule has 122 valence electrons. The van der Waals surface area contributed by atoms with Crippen LogP contribution < -0.4 is 5.32 Å². The summed E-state index contributed by atoms with van der Waals surface area (Å²) in [5.41, 5.74) is 2.11. The van der Waals surface area contributed by atoms with E-state index in [-0.39, 0.29) is 12.6 Å². The molecule has 23 heavy (non-hydrogen) atoms. The molecule has 1 aromatic carbocycles. The molecule has 6 heteroatoms.